The fourth-order valence-electron chi connectivity index (χ4n) is 2.39. The first-order valence-corrected chi connectivity index (χ1v) is 7.45. The van der Waals surface area contributed by atoms with Crippen LogP contribution in [-0.4, -0.2) is 23.5 Å². The lowest BCUT2D eigenvalue weighted by molar-refractivity contribution is 0.241. The Morgan fingerprint density at radius 3 is 2.75 bits per heavy atom. The van der Waals surface area contributed by atoms with Gasteiger partial charge in [-0.2, -0.15) is 0 Å². The van der Waals surface area contributed by atoms with Gasteiger partial charge in [0.1, 0.15) is 0 Å². The highest BCUT2D eigenvalue weighted by Crippen LogP contribution is 2.22. The molecule has 2 rings (SSSR count). The zero-order valence-electron chi connectivity index (χ0n) is 11.9. The van der Waals surface area contributed by atoms with Gasteiger partial charge in [-0.25, -0.2) is 0 Å². The predicted octanol–water partition coefficient (Wildman–Crippen LogP) is 3.28. The molecule has 0 aliphatic heterocycles. The quantitative estimate of drug-likeness (QED) is 0.912. The largest absolute Gasteiger partial charge is 0.329 e. The molecule has 0 aliphatic rings. The zero-order chi connectivity index (χ0) is 14.5. The van der Waals surface area contributed by atoms with E-state index >= 15 is 0 Å². The van der Waals surface area contributed by atoms with Crippen LogP contribution in [0.2, 0.25) is 0 Å². The molecule has 1 aromatic carbocycles. The third kappa shape index (κ3) is 3.88. The first-order chi connectivity index (χ1) is 9.60. The second kappa shape index (κ2) is 6.97. The van der Waals surface area contributed by atoms with Crippen molar-refractivity contribution in [3.63, 3.8) is 0 Å². The van der Waals surface area contributed by atoms with E-state index in [0.29, 0.717) is 6.54 Å². The maximum atomic E-state index is 5.95. The third-order valence-corrected chi connectivity index (χ3v) is 3.81. The predicted molar refractivity (Wildman–Crippen MR) is 86.4 cm³/mol. The fourth-order valence-corrected chi connectivity index (χ4v) is 2.77. The number of halogens is 1. The van der Waals surface area contributed by atoms with Gasteiger partial charge in [0.2, 0.25) is 0 Å². The van der Waals surface area contributed by atoms with E-state index in [-0.39, 0.29) is 6.04 Å². The Kier molecular flexibility index (Phi) is 5.29. The Hall–Kier alpha value is -1.23. The molecule has 2 N–H and O–H groups in total. The van der Waals surface area contributed by atoms with Crippen LogP contribution in [0.1, 0.15) is 22.7 Å². The van der Waals surface area contributed by atoms with Crippen LogP contribution >= 0.6 is 15.9 Å². The number of likely N-dealkylation sites (N-methyl/N-ethyl adjacent to an activating group) is 1. The van der Waals surface area contributed by atoms with Crippen molar-refractivity contribution < 1.29 is 0 Å². The molecule has 0 saturated carbocycles. The first-order valence-electron chi connectivity index (χ1n) is 6.66. The van der Waals surface area contributed by atoms with E-state index in [1.807, 2.05) is 6.20 Å². The number of nitrogens with zero attached hydrogens (tertiary/aromatic N) is 2. The van der Waals surface area contributed by atoms with Crippen LogP contribution in [0.3, 0.4) is 0 Å². The topological polar surface area (TPSA) is 42.1 Å². The van der Waals surface area contributed by atoms with Gasteiger partial charge in [0.25, 0.3) is 0 Å². The lowest BCUT2D eigenvalue weighted by atomic mass is 10.1. The number of hydrogen-bond donors (Lipinski definition) is 1. The van der Waals surface area contributed by atoms with Crippen molar-refractivity contribution in [3.05, 3.63) is 63.9 Å². The van der Waals surface area contributed by atoms with Crippen molar-refractivity contribution in [2.75, 3.05) is 13.6 Å². The van der Waals surface area contributed by atoms with E-state index in [1.165, 1.54) is 11.1 Å². The Morgan fingerprint density at radius 1 is 1.30 bits per heavy atom. The molecule has 1 aromatic heterocycles. The van der Waals surface area contributed by atoms with Crippen molar-refractivity contribution in [2.45, 2.75) is 19.5 Å². The molecule has 1 atom stereocenters. The van der Waals surface area contributed by atoms with E-state index < -0.39 is 0 Å². The molecule has 0 saturated heterocycles. The third-order valence-electron chi connectivity index (χ3n) is 3.38. The molecule has 0 aliphatic carbocycles. The Labute approximate surface area is 129 Å². The smallest absolute Gasteiger partial charge is 0.0486 e. The van der Waals surface area contributed by atoms with Gasteiger partial charge in [-0.05, 0) is 47.1 Å². The molecular formula is C16H20BrN3. The average Bonchev–Trinajstić information content (AvgIpc) is 2.39. The summed E-state index contributed by atoms with van der Waals surface area (Å²) in [5, 5.41) is 0. The second-order valence-electron chi connectivity index (χ2n) is 5.09. The van der Waals surface area contributed by atoms with Gasteiger partial charge in [0, 0.05) is 36.0 Å². The Morgan fingerprint density at radius 2 is 2.10 bits per heavy atom. The summed E-state index contributed by atoms with van der Waals surface area (Å²) in [6, 6.07) is 10.8. The van der Waals surface area contributed by atoms with Crippen molar-refractivity contribution in [3.8, 4) is 0 Å². The molecule has 20 heavy (non-hydrogen) atoms. The van der Waals surface area contributed by atoms with Crippen LogP contribution in [0.4, 0.5) is 0 Å². The minimum absolute atomic E-state index is 0.167. The number of rotatable bonds is 5. The van der Waals surface area contributed by atoms with Gasteiger partial charge in [-0.3, -0.25) is 9.88 Å². The highest BCUT2D eigenvalue weighted by molar-refractivity contribution is 9.10. The van der Waals surface area contributed by atoms with Gasteiger partial charge >= 0.3 is 0 Å². The molecule has 3 nitrogen and oxygen atoms in total. The molecule has 0 radical (unpaired) electrons. The normalized spacial score (nSPS) is 12.7. The first kappa shape index (κ1) is 15.2. The van der Waals surface area contributed by atoms with Gasteiger partial charge < -0.3 is 5.73 Å². The summed E-state index contributed by atoms with van der Waals surface area (Å²) in [5.74, 6) is 0. The summed E-state index contributed by atoms with van der Waals surface area (Å²) < 4.78 is 0.984. The molecule has 0 bridgehead atoms. The maximum absolute atomic E-state index is 5.95. The van der Waals surface area contributed by atoms with E-state index in [2.05, 4.69) is 70.1 Å². The monoisotopic (exact) mass is 333 g/mol. The Balaban J connectivity index is 2.15. The number of aryl methyl sites for hydroxylation is 1. The minimum atomic E-state index is 0.167. The standard InChI is InChI=1S/C16H20BrN3/c1-12-4-3-5-13(6-12)11-20(2)16(8-18)14-7-15(17)10-19-9-14/h3-7,9-10,16H,8,11,18H2,1-2H3. The Bertz CT molecular complexity index is 571. The zero-order valence-corrected chi connectivity index (χ0v) is 13.5. The molecule has 1 unspecified atom stereocenters. The van der Waals surface area contributed by atoms with E-state index in [9.17, 15) is 0 Å². The van der Waals surface area contributed by atoms with E-state index in [0.717, 1.165) is 16.6 Å². The highest BCUT2D eigenvalue weighted by atomic mass is 79.9. The average molecular weight is 334 g/mol. The lowest BCUT2D eigenvalue weighted by Gasteiger charge is -2.27. The van der Waals surface area contributed by atoms with Crippen molar-refractivity contribution in [1.29, 1.82) is 0 Å². The van der Waals surface area contributed by atoms with Crippen LogP contribution in [0.25, 0.3) is 0 Å². The molecular weight excluding hydrogens is 314 g/mol. The van der Waals surface area contributed by atoms with Crippen LogP contribution in [0, 0.1) is 6.92 Å². The number of benzene rings is 1. The summed E-state index contributed by atoms with van der Waals surface area (Å²) in [6.45, 7) is 3.55. The van der Waals surface area contributed by atoms with Gasteiger partial charge in [-0.1, -0.05) is 29.8 Å². The fraction of sp³-hybridized carbons (Fsp3) is 0.312. The molecule has 4 heteroatoms. The number of nitrogens with two attached hydrogens (primary N) is 1. The lowest BCUT2D eigenvalue weighted by Crippen LogP contribution is -2.30. The number of hydrogen-bond acceptors (Lipinski definition) is 3. The summed E-state index contributed by atoms with van der Waals surface area (Å²) >= 11 is 3.46. The molecule has 0 spiro atoms. The van der Waals surface area contributed by atoms with Crippen LogP contribution in [0.15, 0.2) is 47.2 Å². The minimum Gasteiger partial charge on any atom is -0.329 e. The van der Waals surface area contributed by atoms with E-state index in [1.54, 1.807) is 6.20 Å². The summed E-state index contributed by atoms with van der Waals surface area (Å²) in [7, 11) is 2.10. The van der Waals surface area contributed by atoms with Gasteiger partial charge in [0.05, 0.1) is 0 Å². The van der Waals surface area contributed by atoms with Gasteiger partial charge in [-0.15, -0.1) is 0 Å². The number of aromatic nitrogens is 1. The summed E-state index contributed by atoms with van der Waals surface area (Å²) in [5.41, 5.74) is 9.67. The molecule has 0 amide bonds. The van der Waals surface area contributed by atoms with Crippen molar-refractivity contribution >= 4 is 15.9 Å². The van der Waals surface area contributed by atoms with Crippen LogP contribution in [-0.2, 0) is 6.54 Å². The van der Waals surface area contributed by atoms with Crippen molar-refractivity contribution in [1.82, 2.24) is 9.88 Å². The molecule has 0 fully saturated rings. The number of pyridine rings is 1. The molecule has 106 valence electrons. The molecule has 1 heterocycles. The van der Waals surface area contributed by atoms with Crippen molar-refractivity contribution in [2.24, 2.45) is 5.73 Å². The summed E-state index contributed by atoms with van der Waals surface area (Å²) in [4.78, 5) is 6.49. The highest BCUT2D eigenvalue weighted by Gasteiger charge is 2.16. The van der Waals surface area contributed by atoms with Gasteiger partial charge in [0.15, 0.2) is 0 Å². The summed E-state index contributed by atoms with van der Waals surface area (Å²) in [6.07, 6.45) is 3.67. The maximum Gasteiger partial charge on any atom is 0.0486 e. The second-order valence-corrected chi connectivity index (χ2v) is 6.01. The van der Waals surface area contributed by atoms with Crippen LogP contribution < -0.4 is 5.73 Å². The van der Waals surface area contributed by atoms with E-state index in [4.69, 9.17) is 5.73 Å². The molecule has 2 aromatic rings. The van der Waals surface area contributed by atoms with Crippen LogP contribution in [0.5, 0.6) is 0 Å². The SMILES string of the molecule is Cc1cccc(CN(C)C(CN)c2cncc(Br)c2)c1.